The number of nitrogens with zero attached hydrogens (tertiary/aromatic N) is 1. The number of fused-ring (bicyclic) bond motifs is 3. The number of para-hydroxylation sites is 1. The van der Waals surface area contributed by atoms with Crippen molar-refractivity contribution < 1.29 is 14.7 Å². The Hall–Kier alpha value is -3.86. The van der Waals surface area contributed by atoms with Gasteiger partial charge in [0.25, 0.3) is 0 Å². The molecule has 3 aromatic carbocycles. The molecule has 1 aromatic heterocycles. The van der Waals surface area contributed by atoms with Crippen molar-refractivity contribution in [1.29, 1.82) is 0 Å². The predicted molar refractivity (Wildman–Crippen MR) is 138 cm³/mol. The van der Waals surface area contributed by atoms with Crippen molar-refractivity contribution >= 4 is 22.8 Å². The molecule has 1 aliphatic carbocycles. The van der Waals surface area contributed by atoms with Crippen LogP contribution in [0.2, 0.25) is 0 Å². The summed E-state index contributed by atoms with van der Waals surface area (Å²) >= 11 is 0. The van der Waals surface area contributed by atoms with Crippen LogP contribution in [0.3, 0.4) is 0 Å². The fourth-order valence-corrected chi connectivity index (χ4v) is 5.60. The molecule has 35 heavy (non-hydrogen) atoms. The number of primary amides is 1. The van der Waals surface area contributed by atoms with Gasteiger partial charge in [-0.2, -0.15) is 0 Å². The topological polar surface area (TPSA) is 85.3 Å². The van der Waals surface area contributed by atoms with E-state index in [1.54, 1.807) is 12.1 Å². The van der Waals surface area contributed by atoms with Gasteiger partial charge in [-0.1, -0.05) is 54.6 Å². The van der Waals surface area contributed by atoms with E-state index in [0.717, 1.165) is 48.6 Å². The van der Waals surface area contributed by atoms with Crippen molar-refractivity contribution in [2.75, 3.05) is 0 Å². The van der Waals surface area contributed by atoms with Gasteiger partial charge in [-0.3, -0.25) is 4.79 Å². The highest BCUT2D eigenvalue weighted by molar-refractivity contribution is 6.04. The lowest BCUT2D eigenvalue weighted by Crippen LogP contribution is -2.14. The zero-order valence-electron chi connectivity index (χ0n) is 19.7. The average Bonchev–Trinajstić information content (AvgIpc) is 3.01. The van der Waals surface area contributed by atoms with Gasteiger partial charge in [0, 0.05) is 23.2 Å². The SMILES string of the molecule is NC(=O)c1cccc(Cn2c3c(c4cccc(C(=O)O)c42)CCCC(CCc2ccccc2)C3)c1. The Morgan fingerprint density at radius 2 is 1.74 bits per heavy atom. The van der Waals surface area contributed by atoms with Gasteiger partial charge in [-0.25, -0.2) is 4.79 Å². The molecular weight excluding hydrogens is 436 g/mol. The molecule has 0 aliphatic heterocycles. The number of rotatable bonds is 7. The molecule has 1 unspecified atom stereocenters. The Morgan fingerprint density at radius 3 is 2.51 bits per heavy atom. The Morgan fingerprint density at radius 1 is 0.971 bits per heavy atom. The van der Waals surface area contributed by atoms with Crippen LogP contribution in [-0.2, 0) is 25.8 Å². The Bertz CT molecular complexity index is 1390. The number of amides is 1. The molecule has 0 fully saturated rings. The van der Waals surface area contributed by atoms with E-state index in [1.165, 1.54) is 23.2 Å². The summed E-state index contributed by atoms with van der Waals surface area (Å²) in [6, 6.07) is 23.5. The summed E-state index contributed by atoms with van der Waals surface area (Å²) < 4.78 is 2.19. The summed E-state index contributed by atoms with van der Waals surface area (Å²) in [5.74, 6) is -0.851. The van der Waals surface area contributed by atoms with Crippen LogP contribution in [0.4, 0.5) is 0 Å². The van der Waals surface area contributed by atoms with E-state index in [4.69, 9.17) is 5.73 Å². The van der Waals surface area contributed by atoms with Gasteiger partial charge in [0.1, 0.15) is 0 Å². The normalized spacial score (nSPS) is 15.5. The van der Waals surface area contributed by atoms with Crippen molar-refractivity contribution in [3.8, 4) is 0 Å². The first kappa shape index (κ1) is 22.9. The largest absolute Gasteiger partial charge is 0.478 e. The van der Waals surface area contributed by atoms with Gasteiger partial charge < -0.3 is 15.4 Å². The summed E-state index contributed by atoms with van der Waals surface area (Å²) in [5.41, 5.74) is 11.9. The Balaban J connectivity index is 1.57. The third-order valence-corrected chi connectivity index (χ3v) is 7.29. The lowest BCUT2D eigenvalue weighted by Gasteiger charge is -2.18. The molecule has 1 amide bonds. The van der Waals surface area contributed by atoms with Crippen LogP contribution in [0.25, 0.3) is 10.9 Å². The minimum Gasteiger partial charge on any atom is -0.478 e. The van der Waals surface area contributed by atoms with Gasteiger partial charge in [-0.15, -0.1) is 0 Å². The van der Waals surface area contributed by atoms with E-state index < -0.39 is 11.9 Å². The van der Waals surface area contributed by atoms with Crippen LogP contribution in [0.5, 0.6) is 0 Å². The van der Waals surface area contributed by atoms with E-state index >= 15 is 0 Å². The summed E-state index contributed by atoms with van der Waals surface area (Å²) in [5, 5.41) is 11.0. The molecule has 1 atom stereocenters. The second-order valence-electron chi connectivity index (χ2n) is 9.57. The molecule has 5 heteroatoms. The third kappa shape index (κ3) is 4.72. The lowest BCUT2D eigenvalue weighted by molar-refractivity contribution is 0.0698. The first-order chi connectivity index (χ1) is 17.0. The number of aromatic nitrogens is 1. The standard InChI is InChI=1S/C30H30N2O3/c31-29(33)23-11-4-10-22(17-23)19-32-27-18-21(16-15-20-7-2-1-3-8-20)9-5-12-24(27)25-13-6-14-26(28(25)32)30(34)35/h1-4,6-8,10-11,13-14,17,21H,5,9,12,15-16,18-19H2,(H2,31,33)(H,34,35). The fourth-order valence-electron chi connectivity index (χ4n) is 5.60. The van der Waals surface area contributed by atoms with Crippen molar-refractivity contribution in [3.63, 3.8) is 0 Å². The number of hydrogen-bond donors (Lipinski definition) is 2. The van der Waals surface area contributed by atoms with Crippen LogP contribution in [0.1, 0.15) is 62.4 Å². The van der Waals surface area contributed by atoms with E-state index in [1.807, 2.05) is 30.3 Å². The van der Waals surface area contributed by atoms with Crippen molar-refractivity contribution in [2.45, 2.75) is 45.1 Å². The van der Waals surface area contributed by atoms with Crippen molar-refractivity contribution in [1.82, 2.24) is 4.57 Å². The molecule has 5 rings (SSSR count). The van der Waals surface area contributed by atoms with Gasteiger partial charge in [-0.05, 0) is 79.3 Å². The minimum absolute atomic E-state index is 0.322. The first-order valence-corrected chi connectivity index (χ1v) is 12.3. The number of aromatic carboxylic acids is 1. The zero-order valence-corrected chi connectivity index (χ0v) is 19.7. The maximum Gasteiger partial charge on any atom is 0.337 e. The monoisotopic (exact) mass is 466 g/mol. The molecule has 0 bridgehead atoms. The highest BCUT2D eigenvalue weighted by Crippen LogP contribution is 2.36. The summed E-state index contributed by atoms with van der Waals surface area (Å²) in [7, 11) is 0. The summed E-state index contributed by atoms with van der Waals surface area (Å²) in [6.45, 7) is 0.503. The second kappa shape index (κ2) is 9.79. The van der Waals surface area contributed by atoms with Crippen molar-refractivity contribution in [3.05, 3.63) is 106 Å². The molecule has 0 radical (unpaired) electrons. The molecule has 0 spiro atoms. The number of carboxylic acids is 1. The molecular formula is C30H30N2O3. The smallest absolute Gasteiger partial charge is 0.337 e. The highest BCUT2D eigenvalue weighted by Gasteiger charge is 2.26. The number of hydrogen-bond acceptors (Lipinski definition) is 2. The van der Waals surface area contributed by atoms with Gasteiger partial charge >= 0.3 is 5.97 Å². The molecule has 3 N–H and O–H groups in total. The number of carboxylic acid groups (broad SMARTS) is 1. The molecule has 178 valence electrons. The highest BCUT2D eigenvalue weighted by atomic mass is 16.4. The average molecular weight is 467 g/mol. The fraction of sp³-hybridized carbons (Fsp3) is 0.267. The molecule has 1 heterocycles. The predicted octanol–water partition coefficient (Wildman–Crippen LogP) is 5.61. The summed E-state index contributed by atoms with van der Waals surface area (Å²) in [4.78, 5) is 24.0. The van der Waals surface area contributed by atoms with E-state index in [0.29, 0.717) is 23.6 Å². The van der Waals surface area contributed by atoms with E-state index in [9.17, 15) is 14.7 Å². The Labute approximate surface area is 205 Å². The molecule has 1 aliphatic rings. The van der Waals surface area contributed by atoms with Gasteiger partial charge in [0.15, 0.2) is 0 Å². The Kier molecular flexibility index (Phi) is 6.41. The van der Waals surface area contributed by atoms with E-state index in [2.05, 4.69) is 34.9 Å². The van der Waals surface area contributed by atoms with Crippen LogP contribution in [0, 0.1) is 5.92 Å². The van der Waals surface area contributed by atoms with E-state index in [-0.39, 0.29) is 0 Å². The zero-order chi connectivity index (χ0) is 24.4. The molecule has 0 saturated carbocycles. The molecule has 0 saturated heterocycles. The van der Waals surface area contributed by atoms with Crippen molar-refractivity contribution in [2.24, 2.45) is 11.7 Å². The van der Waals surface area contributed by atoms with Crippen LogP contribution < -0.4 is 5.73 Å². The van der Waals surface area contributed by atoms with Crippen LogP contribution in [-0.4, -0.2) is 21.6 Å². The second-order valence-corrected chi connectivity index (χ2v) is 9.57. The quantitative estimate of drug-likeness (QED) is 0.347. The molecule has 4 aromatic rings. The number of carbonyl (C=O) groups is 2. The number of aryl methyl sites for hydroxylation is 2. The van der Waals surface area contributed by atoms with Crippen LogP contribution in [0.15, 0.2) is 72.8 Å². The number of carbonyl (C=O) groups excluding carboxylic acids is 1. The maximum absolute atomic E-state index is 12.2. The number of benzene rings is 3. The van der Waals surface area contributed by atoms with Gasteiger partial charge in [0.2, 0.25) is 5.91 Å². The molecule has 5 nitrogen and oxygen atoms in total. The van der Waals surface area contributed by atoms with Gasteiger partial charge in [0.05, 0.1) is 11.1 Å². The first-order valence-electron chi connectivity index (χ1n) is 12.3. The van der Waals surface area contributed by atoms with Crippen LogP contribution >= 0.6 is 0 Å². The maximum atomic E-state index is 12.2. The summed E-state index contributed by atoms with van der Waals surface area (Å²) in [6.07, 6.45) is 6.28. The minimum atomic E-state index is -0.920. The number of nitrogens with two attached hydrogens (primary N) is 1. The lowest BCUT2D eigenvalue weighted by atomic mass is 9.92. The third-order valence-electron chi connectivity index (χ3n) is 7.29.